The van der Waals surface area contributed by atoms with E-state index in [2.05, 4.69) is 9.97 Å². The molecule has 0 saturated heterocycles. The van der Waals surface area contributed by atoms with Crippen molar-refractivity contribution in [1.29, 1.82) is 0 Å². The smallest absolute Gasteiger partial charge is 0.152 e. The van der Waals surface area contributed by atoms with E-state index in [1.165, 1.54) is 0 Å². The average molecular weight is 176 g/mol. The molecule has 0 unspecified atom stereocenters. The number of hydrogen-bond donors (Lipinski definition) is 2. The van der Waals surface area contributed by atoms with Gasteiger partial charge in [0, 0.05) is 17.5 Å². The normalized spacial score (nSPS) is 10.5. The molecule has 0 spiro atoms. The van der Waals surface area contributed by atoms with E-state index in [1.807, 2.05) is 0 Å². The molecule has 4 nitrogen and oxygen atoms in total. The first-order chi connectivity index (χ1) is 6.35. The lowest BCUT2D eigenvalue weighted by Crippen LogP contribution is -1.84. The largest absolute Gasteiger partial charge is 0.390 e. The molecular formula is C9H8N2O2. The molecule has 0 aliphatic heterocycles. The number of aromatic nitrogens is 2. The van der Waals surface area contributed by atoms with Crippen LogP contribution in [0.15, 0.2) is 18.3 Å². The van der Waals surface area contributed by atoms with Crippen LogP contribution < -0.4 is 0 Å². The molecule has 0 aliphatic carbocycles. The zero-order chi connectivity index (χ0) is 9.26. The Labute approximate surface area is 74.2 Å². The van der Waals surface area contributed by atoms with Gasteiger partial charge in [0.2, 0.25) is 0 Å². The van der Waals surface area contributed by atoms with E-state index in [0.29, 0.717) is 22.3 Å². The fraction of sp³-hybridized carbons (Fsp3) is 0.111. The second kappa shape index (κ2) is 2.99. The van der Waals surface area contributed by atoms with E-state index < -0.39 is 0 Å². The van der Waals surface area contributed by atoms with Gasteiger partial charge in [-0.3, -0.25) is 9.78 Å². The number of aldehydes is 1. The summed E-state index contributed by atoms with van der Waals surface area (Å²) in [7, 11) is 0. The van der Waals surface area contributed by atoms with Crippen molar-refractivity contribution < 1.29 is 9.90 Å². The second-order valence-corrected chi connectivity index (χ2v) is 2.73. The minimum atomic E-state index is -0.0747. The standard InChI is InChI=1S/C9H8N2O2/c12-4-6-1-2-10-8-3-7(5-13)11-9(6)8/h1-4,11,13H,5H2. The van der Waals surface area contributed by atoms with Crippen LogP contribution in [0.1, 0.15) is 16.1 Å². The third-order valence-corrected chi connectivity index (χ3v) is 1.91. The van der Waals surface area contributed by atoms with Gasteiger partial charge in [-0.15, -0.1) is 0 Å². The molecule has 66 valence electrons. The van der Waals surface area contributed by atoms with Gasteiger partial charge in [0.1, 0.15) is 0 Å². The molecule has 2 rings (SSSR count). The highest BCUT2D eigenvalue weighted by Crippen LogP contribution is 2.15. The number of carbonyl (C=O) groups excluding carboxylic acids is 1. The molecule has 2 aromatic rings. The minimum absolute atomic E-state index is 0.0747. The number of carbonyl (C=O) groups is 1. The molecule has 2 heterocycles. The predicted octanol–water partition coefficient (Wildman–Crippen LogP) is 0.868. The Morgan fingerprint density at radius 2 is 2.46 bits per heavy atom. The Bertz CT molecular complexity index is 448. The fourth-order valence-corrected chi connectivity index (χ4v) is 1.28. The zero-order valence-electron chi connectivity index (χ0n) is 6.82. The number of nitrogens with zero attached hydrogens (tertiary/aromatic N) is 1. The van der Waals surface area contributed by atoms with Gasteiger partial charge in [-0.05, 0) is 12.1 Å². The third kappa shape index (κ3) is 1.21. The second-order valence-electron chi connectivity index (χ2n) is 2.73. The van der Waals surface area contributed by atoms with Crippen LogP contribution in [0, 0.1) is 0 Å². The molecule has 4 heteroatoms. The maximum atomic E-state index is 10.6. The summed E-state index contributed by atoms with van der Waals surface area (Å²) in [4.78, 5) is 17.6. The lowest BCUT2D eigenvalue weighted by molar-refractivity contribution is 0.112. The summed E-state index contributed by atoms with van der Waals surface area (Å²) >= 11 is 0. The molecule has 2 N–H and O–H groups in total. The summed E-state index contributed by atoms with van der Waals surface area (Å²) in [6.45, 7) is -0.0747. The van der Waals surface area contributed by atoms with Crippen LogP contribution in [0.5, 0.6) is 0 Å². The molecule has 0 aromatic carbocycles. The van der Waals surface area contributed by atoms with Crippen molar-refractivity contribution in [3.63, 3.8) is 0 Å². The van der Waals surface area contributed by atoms with E-state index in [0.717, 1.165) is 6.29 Å². The summed E-state index contributed by atoms with van der Waals surface area (Å²) in [5.74, 6) is 0. The maximum absolute atomic E-state index is 10.6. The van der Waals surface area contributed by atoms with E-state index in [9.17, 15) is 4.79 Å². The Morgan fingerprint density at radius 3 is 3.15 bits per heavy atom. The average Bonchev–Trinajstić information content (AvgIpc) is 2.59. The number of aliphatic hydroxyl groups excluding tert-OH is 1. The summed E-state index contributed by atoms with van der Waals surface area (Å²) in [5, 5.41) is 8.85. The minimum Gasteiger partial charge on any atom is -0.390 e. The van der Waals surface area contributed by atoms with Gasteiger partial charge in [-0.25, -0.2) is 0 Å². The van der Waals surface area contributed by atoms with Crippen LogP contribution in [0.2, 0.25) is 0 Å². The zero-order valence-corrected chi connectivity index (χ0v) is 6.82. The topological polar surface area (TPSA) is 66.0 Å². The van der Waals surface area contributed by atoms with Crippen molar-refractivity contribution in [3.05, 3.63) is 29.6 Å². The highest BCUT2D eigenvalue weighted by molar-refractivity contribution is 5.94. The van der Waals surface area contributed by atoms with Crippen LogP contribution in [0.3, 0.4) is 0 Å². The van der Waals surface area contributed by atoms with Gasteiger partial charge in [-0.2, -0.15) is 0 Å². The van der Waals surface area contributed by atoms with E-state index in [1.54, 1.807) is 18.3 Å². The first kappa shape index (κ1) is 7.94. The summed E-state index contributed by atoms with van der Waals surface area (Å²) in [6, 6.07) is 3.36. The van der Waals surface area contributed by atoms with Crippen molar-refractivity contribution in [3.8, 4) is 0 Å². The SMILES string of the molecule is O=Cc1ccnc2cc(CO)[nH]c12. The molecule has 0 atom stereocenters. The molecule has 13 heavy (non-hydrogen) atoms. The number of pyridine rings is 1. The quantitative estimate of drug-likeness (QED) is 0.667. The van der Waals surface area contributed by atoms with E-state index >= 15 is 0 Å². The van der Waals surface area contributed by atoms with E-state index in [-0.39, 0.29) is 6.61 Å². The maximum Gasteiger partial charge on any atom is 0.152 e. The van der Waals surface area contributed by atoms with Crippen molar-refractivity contribution in [2.75, 3.05) is 0 Å². The molecular weight excluding hydrogens is 168 g/mol. The van der Waals surface area contributed by atoms with Crippen molar-refractivity contribution in [1.82, 2.24) is 9.97 Å². The van der Waals surface area contributed by atoms with Gasteiger partial charge >= 0.3 is 0 Å². The van der Waals surface area contributed by atoms with Crippen LogP contribution >= 0.6 is 0 Å². The van der Waals surface area contributed by atoms with Crippen molar-refractivity contribution in [2.45, 2.75) is 6.61 Å². The molecule has 0 aliphatic rings. The number of aromatic amines is 1. The third-order valence-electron chi connectivity index (χ3n) is 1.91. The van der Waals surface area contributed by atoms with Crippen molar-refractivity contribution >= 4 is 17.3 Å². The first-order valence-electron chi connectivity index (χ1n) is 3.88. The summed E-state index contributed by atoms with van der Waals surface area (Å²) in [5.41, 5.74) is 2.61. The van der Waals surface area contributed by atoms with Crippen LogP contribution in [0.4, 0.5) is 0 Å². The number of rotatable bonds is 2. The molecule has 0 bridgehead atoms. The molecule has 2 aromatic heterocycles. The lowest BCUT2D eigenvalue weighted by atomic mass is 10.2. The number of fused-ring (bicyclic) bond motifs is 1. The summed E-state index contributed by atoms with van der Waals surface area (Å²) < 4.78 is 0. The van der Waals surface area contributed by atoms with Gasteiger partial charge in [0.25, 0.3) is 0 Å². The number of hydrogen-bond acceptors (Lipinski definition) is 3. The highest BCUT2D eigenvalue weighted by atomic mass is 16.3. The van der Waals surface area contributed by atoms with E-state index in [4.69, 9.17) is 5.11 Å². The van der Waals surface area contributed by atoms with Crippen molar-refractivity contribution in [2.24, 2.45) is 0 Å². The Hall–Kier alpha value is -1.68. The molecule has 0 radical (unpaired) electrons. The predicted molar refractivity (Wildman–Crippen MR) is 47.4 cm³/mol. The summed E-state index contributed by atoms with van der Waals surface area (Å²) in [6.07, 6.45) is 2.34. The first-order valence-corrected chi connectivity index (χ1v) is 3.88. The van der Waals surface area contributed by atoms with Gasteiger partial charge in [-0.1, -0.05) is 0 Å². The Kier molecular flexibility index (Phi) is 1.83. The molecule has 0 amide bonds. The lowest BCUT2D eigenvalue weighted by Gasteiger charge is -1.91. The van der Waals surface area contributed by atoms with Crippen LogP contribution in [0.25, 0.3) is 11.0 Å². The highest BCUT2D eigenvalue weighted by Gasteiger charge is 2.04. The Morgan fingerprint density at radius 1 is 1.62 bits per heavy atom. The number of nitrogens with one attached hydrogen (secondary N) is 1. The fourth-order valence-electron chi connectivity index (χ4n) is 1.28. The van der Waals surface area contributed by atoms with Gasteiger partial charge in [0.05, 0.1) is 17.6 Å². The molecule has 0 fully saturated rings. The van der Waals surface area contributed by atoms with Gasteiger partial charge < -0.3 is 10.1 Å². The Balaban J connectivity index is 2.74. The molecule has 0 saturated carbocycles. The number of aliphatic hydroxyl groups is 1. The van der Waals surface area contributed by atoms with Gasteiger partial charge in [0.15, 0.2) is 6.29 Å². The van der Waals surface area contributed by atoms with Crippen LogP contribution in [-0.4, -0.2) is 21.4 Å². The van der Waals surface area contributed by atoms with Crippen LogP contribution in [-0.2, 0) is 6.61 Å². The monoisotopic (exact) mass is 176 g/mol. The number of H-pyrrole nitrogens is 1.